The molecular weight excluding hydrogens is 176 g/mol. The lowest BCUT2D eigenvalue weighted by atomic mass is 9.85. The molecule has 4 N–H and O–H groups in total. The average molecular weight is 192 g/mol. The van der Waals surface area contributed by atoms with Crippen LogP contribution in [0.4, 0.5) is 5.82 Å². The number of nitrogens with zero attached hydrogens (tertiary/aromatic N) is 2. The first-order chi connectivity index (χ1) is 6.75. The van der Waals surface area contributed by atoms with Crippen LogP contribution in [0.1, 0.15) is 37.3 Å². The van der Waals surface area contributed by atoms with Gasteiger partial charge in [0.25, 0.3) is 0 Å². The summed E-state index contributed by atoms with van der Waals surface area (Å²) in [6.45, 7) is 0. The molecule has 1 heterocycles. The van der Waals surface area contributed by atoms with E-state index in [-0.39, 0.29) is 0 Å². The van der Waals surface area contributed by atoms with E-state index in [2.05, 4.69) is 9.97 Å². The Hall–Kier alpha value is -1.16. The van der Waals surface area contributed by atoms with Crippen molar-refractivity contribution in [1.29, 1.82) is 0 Å². The molecule has 0 amide bonds. The van der Waals surface area contributed by atoms with Crippen LogP contribution < -0.4 is 11.5 Å². The Morgan fingerprint density at radius 3 is 2.36 bits per heavy atom. The van der Waals surface area contributed by atoms with E-state index in [9.17, 15) is 0 Å². The molecule has 1 aliphatic carbocycles. The largest absolute Gasteiger partial charge is 0.382 e. The zero-order chi connectivity index (χ0) is 9.97. The molecule has 1 aliphatic rings. The quantitative estimate of drug-likeness (QED) is 0.697. The maximum Gasteiger partial charge on any atom is 0.141 e. The second kappa shape index (κ2) is 3.92. The van der Waals surface area contributed by atoms with Crippen molar-refractivity contribution in [3.63, 3.8) is 0 Å². The van der Waals surface area contributed by atoms with Gasteiger partial charge in [-0.15, -0.1) is 0 Å². The van der Waals surface area contributed by atoms with E-state index in [1.54, 1.807) is 12.4 Å². The van der Waals surface area contributed by atoms with Crippen molar-refractivity contribution in [2.75, 3.05) is 5.73 Å². The fraction of sp³-hybridized carbons (Fsp3) is 0.600. The van der Waals surface area contributed by atoms with Crippen LogP contribution in [0.25, 0.3) is 0 Å². The lowest BCUT2D eigenvalue weighted by molar-refractivity contribution is 0.390. The first kappa shape index (κ1) is 9.40. The van der Waals surface area contributed by atoms with Crippen LogP contribution in [0.2, 0.25) is 0 Å². The van der Waals surface area contributed by atoms with Crippen LogP contribution in [0, 0.1) is 0 Å². The van der Waals surface area contributed by atoms with Gasteiger partial charge in [-0.2, -0.15) is 0 Å². The third-order valence-corrected chi connectivity index (χ3v) is 2.88. The molecule has 4 heteroatoms. The summed E-state index contributed by atoms with van der Waals surface area (Å²) in [6, 6.07) is 0.382. The zero-order valence-corrected chi connectivity index (χ0v) is 8.19. The Balaban J connectivity index is 2.05. The van der Waals surface area contributed by atoms with Crippen molar-refractivity contribution in [2.24, 2.45) is 5.73 Å². The topological polar surface area (TPSA) is 77.8 Å². The van der Waals surface area contributed by atoms with Crippen LogP contribution >= 0.6 is 0 Å². The van der Waals surface area contributed by atoms with Gasteiger partial charge in [0.05, 0.1) is 18.1 Å². The fourth-order valence-electron chi connectivity index (χ4n) is 1.97. The first-order valence-electron chi connectivity index (χ1n) is 5.08. The molecule has 76 valence electrons. The first-order valence-corrected chi connectivity index (χ1v) is 5.08. The van der Waals surface area contributed by atoms with Crippen LogP contribution in [0.5, 0.6) is 0 Å². The summed E-state index contributed by atoms with van der Waals surface area (Å²) >= 11 is 0. The van der Waals surface area contributed by atoms with Gasteiger partial charge in [-0.05, 0) is 25.7 Å². The lowest BCUT2D eigenvalue weighted by Gasteiger charge is -2.25. The Bertz CT molecular complexity index is 287. The summed E-state index contributed by atoms with van der Waals surface area (Å²) in [5, 5.41) is 0. The van der Waals surface area contributed by atoms with E-state index in [0.717, 1.165) is 31.4 Å². The minimum absolute atomic E-state index is 0.382. The highest BCUT2D eigenvalue weighted by atomic mass is 14.9. The molecule has 2 rings (SSSR count). The summed E-state index contributed by atoms with van der Waals surface area (Å²) in [5.74, 6) is 1.02. The zero-order valence-electron chi connectivity index (χ0n) is 8.19. The molecule has 0 atom stereocenters. The Morgan fingerprint density at radius 2 is 1.79 bits per heavy atom. The van der Waals surface area contributed by atoms with Gasteiger partial charge in [0.15, 0.2) is 0 Å². The predicted octanol–water partition coefficient (Wildman–Crippen LogP) is 1.04. The molecule has 1 fully saturated rings. The van der Waals surface area contributed by atoms with E-state index in [1.165, 1.54) is 0 Å². The fourth-order valence-corrected chi connectivity index (χ4v) is 1.97. The minimum atomic E-state index is 0.382. The van der Waals surface area contributed by atoms with Crippen molar-refractivity contribution >= 4 is 5.82 Å². The van der Waals surface area contributed by atoms with E-state index < -0.39 is 0 Å². The van der Waals surface area contributed by atoms with Gasteiger partial charge in [-0.3, -0.25) is 4.98 Å². The van der Waals surface area contributed by atoms with E-state index in [4.69, 9.17) is 11.5 Å². The van der Waals surface area contributed by atoms with Crippen molar-refractivity contribution in [3.8, 4) is 0 Å². The van der Waals surface area contributed by atoms with Gasteiger partial charge in [0.2, 0.25) is 0 Å². The number of hydrogen-bond donors (Lipinski definition) is 2. The molecule has 0 radical (unpaired) electrons. The Kier molecular flexibility index (Phi) is 2.63. The second-order valence-corrected chi connectivity index (χ2v) is 3.98. The molecule has 0 unspecified atom stereocenters. The van der Waals surface area contributed by atoms with Gasteiger partial charge in [0.1, 0.15) is 5.82 Å². The number of hydrogen-bond acceptors (Lipinski definition) is 4. The summed E-state index contributed by atoms with van der Waals surface area (Å²) in [6.07, 6.45) is 7.85. The number of aromatic nitrogens is 2. The Labute approximate surface area is 83.7 Å². The lowest BCUT2D eigenvalue weighted by Crippen LogP contribution is -2.26. The molecular formula is C10H16N4. The number of rotatable bonds is 1. The van der Waals surface area contributed by atoms with Crippen molar-refractivity contribution < 1.29 is 0 Å². The highest BCUT2D eigenvalue weighted by Crippen LogP contribution is 2.30. The van der Waals surface area contributed by atoms with Crippen LogP contribution in [-0.2, 0) is 0 Å². The molecule has 0 spiro atoms. The normalized spacial score (nSPS) is 27.5. The van der Waals surface area contributed by atoms with Gasteiger partial charge >= 0.3 is 0 Å². The second-order valence-electron chi connectivity index (χ2n) is 3.98. The predicted molar refractivity (Wildman–Crippen MR) is 55.6 cm³/mol. The van der Waals surface area contributed by atoms with Crippen molar-refractivity contribution in [2.45, 2.75) is 37.6 Å². The summed E-state index contributed by atoms with van der Waals surface area (Å²) in [5.41, 5.74) is 12.4. The highest BCUT2D eigenvalue weighted by molar-refractivity contribution is 5.23. The number of nitrogen functional groups attached to an aromatic ring is 1. The summed E-state index contributed by atoms with van der Waals surface area (Å²) in [7, 11) is 0. The van der Waals surface area contributed by atoms with E-state index in [1.807, 2.05) is 0 Å². The summed E-state index contributed by atoms with van der Waals surface area (Å²) < 4.78 is 0. The van der Waals surface area contributed by atoms with E-state index >= 15 is 0 Å². The highest BCUT2D eigenvalue weighted by Gasteiger charge is 2.20. The van der Waals surface area contributed by atoms with Gasteiger partial charge in [-0.1, -0.05) is 0 Å². The molecule has 0 aliphatic heterocycles. The smallest absolute Gasteiger partial charge is 0.141 e. The molecule has 1 aromatic heterocycles. The van der Waals surface area contributed by atoms with Crippen LogP contribution in [0.15, 0.2) is 12.4 Å². The molecule has 0 saturated heterocycles. The van der Waals surface area contributed by atoms with E-state index in [0.29, 0.717) is 17.8 Å². The number of anilines is 1. The monoisotopic (exact) mass is 192 g/mol. The van der Waals surface area contributed by atoms with Crippen LogP contribution in [-0.4, -0.2) is 16.0 Å². The third-order valence-electron chi connectivity index (χ3n) is 2.88. The maximum absolute atomic E-state index is 5.84. The molecule has 0 bridgehead atoms. The maximum atomic E-state index is 5.84. The molecule has 14 heavy (non-hydrogen) atoms. The molecule has 1 aromatic rings. The SMILES string of the molecule is Nc1cnc(C2CCC(N)CC2)cn1. The van der Waals surface area contributed by atoms with Crippen molar-refractivity contribution in [3.05, 3.63) is 18.1 Å². The molecule has 0 aromatic carbocycles. The van der Waals surface area contributed by atoms with Crippen molar-refractivity contribution in [1.82, 2.24) is 9.97 Å². The van der Waals surface area contributed by atoms with Gasteiger partial charge in [0, 0.05) is 12.0 Å². The van der Waals surface area contributed by atoms with Gasteiger partial charge < -0.3 is 11.5 Å². The van der Waals surface area contributed by atoms with Crippen LogP contribution in [0.3, 0.4) is 0 Å². The van der Waals surface area contributed by atoms with Gasteiger partial charge in [-0.25, -0.2) is 4.98 Å². The number of nitrogens with two attached hydrogens (primary N) is 2. The molecule has 4 nitrogen and oxygen atoms in total. The minimum Gasteiger partial charge on any atom is -0.382 e. The third kappa shape index (κ3) is 2.01. The standard InChI is InChI=1S/C10H16N4/c11-8-3-1-7(2-4-8)9-5-14-10(12)6-13-9/h5-8H,1-4,11H2,(H2,12,14). The average Bonchev–Trinajstić information content (AvgIpc) is 2.21. The molecule has 1 saturated carbocycles. The summed E-state index contributed by atoms with van der Waals surface area (Å²) in [4.78, 5) is 8.36. The Morgan fingerprint density at radius 1 is 1.07 bits per heavy atom.